The number of piperidine rings is 2. The van der Waals surface area contributed by atoms with Crippen LogP contribution in [0.4, 0.5) is 0 Å². The number of hydrogen-bond donors (Lipinski definition) is 2. The molecule has 0 radical (unpaired) electrons. The Labute approximate surface area is 331 Å². The van der Waals surface area contributed by atoms with Gasteiger partial charge in [-0.25, -0.2) is 0 Å². The van der Waals surface area contributed by atoms with Crippen molar-refractivity contribution in [3.05, 3.63) is 71.3 Å². The third kappa shape index (κ3) is 10.5. The fourth-order valence-corrected chi connectivity index (χ4v) is 8.06. The molecule has 2 aromatic carbocycles. The highest BCUT2D eigenvalue weighted by Crippen LogP contribution is 2.29. The van der Waals surface area contributed by atoms with Crippen LogP contribution in [-0.4, -0.2) is 108 Å². The van der Waals surface area contributed by atoms with E-state index >= 15 is 0 Å². The summed E-state index contributed by atoms with van der Waals surface area (Å²) < 4.78 is 11.1. The monoisotopic (exact) mass is 772 g/mol. The van der Waals surface area contributed by atoms with Crippen molar-refractivity contribution >= 4 is 35.2 Å². The van der Waals surface area contributed by atoms with E-state index in [-0.39, 0.29) is 77.9 Å². The Hall–Kier alpha value is -4.42. The van der Waals surface area contributed by atoms with E-state index in [0.717, 1.165) is 31.2 Å². The Morgan fingerprint density at radius 2 is 1.07 bits per heavy atom. The zero-order valence-electron chi connectivity index (χ0n) is 34.0. The zero-order valence-corrected chi connectivity index (χ0v) is 34.0. The molecule has 4 fully saturated rings. The van der Waals surface area contributed by atoms with Gasteiger partial charge in [0.25, 0.3) is 11.8 Å². The van der Waals surface area contributed by atoms with Crippen molar-refractivity contribution in [3.63, 3.8) is 0 Å². The summed E-state index contributed by atoms with van der Waals surface area (Å²) >= 11 is 0. The Morgan fingerprint density at radius 1 is 0.661 bits per heavy atom. The van der Waals surface area contributed by atoms with Crippen LogP contribution in [0.25, 0.3) is 0 Å². The van der Waals surface area contributed by atoms with Crippen LogP contribution < -0.4 is 10.6 Å². The second-order valence-corrected chi connectivity index (χ2v) is 17.4. The number of nitrogens with one attached hydrogen (secondary N) is 2. The second kappa shape index (κ2) is 18.7. The van der Waals surface area contributed by atoms with E-state index in [1.165, 1.54) is 0 Å². The van der Waals surface area contributed by atoms with E-state index < -0.39 is 24.2 Å². The summed E-state index contributed by atoms with van der Waals surface area (Å²) in [7, 11) is 0. The zero-order chi connectivity index (χ0) is 40.7. The van der Waals surface area contributed by atoms with E-state index in [1.54, 1.807) is 46.2 Å². The van der Waals surface area contributed by atoms with Gasteiger partial charge in [-0.1, -0.05) is 78.8 Å². The molecule has 4 saturated heterocycles. The molecule has 0 saturated carbocycles. The van der Waals surface area contributed by atoms with Gasteiger partial charge >= 0.3 is 0 Å². The predicted octanol–water partition coefficient (Wildman–Crippen LogP) is 4.88. The third-order valence-electron chi connectivity index (χ3n) is 10.9. The average Bonchev–Trinajstić information content (AvgIpc) is 3.75. The SMILES string of the molecule is CC(C)CC(NC(=O)c1ccc(C(C)(C)C)cc1)C(=O)N1CCCC2OCC(=O)C21.CC(C)CC(NC(=O)c1ccccc1)C(=O)N1CCCC2OCC(=O)C21. The summed E-state index contributed by atoms with van der Waals surface area (Å²) in [5.41, 5.74) is 2.20. The molecule has 56 heavy (non-hydrogen) atoms. The Balaban J connectivity index is 0.000000216. The van der Waals surface area contributed by atoms with Gasteiger partial charge in [0.1, 0.15) is 37.4 Å². The van der Waals surface area contributed by atoms with Crippen LogP contribution in [0, 0.1) is 11.8 Å². The second-order valence-electron chi connectivity index (χ2n) is 17.4. The minimum absolute atomic E-state index is 0.00580. The van der Waals surface area contributed by atoms with Crippen molar-refractivity contribution in [2.75, 3.05) is 26.3 Å². The lowest BCUT2D eigenvalue weighted by Gasteiger charge is -2.37. The summed E-state index contributed by atoms with van der Waals surface area (Å²) in [5.74, 6) is -0.534. The number of carbonyl (C=O) groups excluding carboxylic acids is 6. The Morgan fingerprint density at radius 3 is 1.46 bits per heavy atom. The Bertz CT molecular complexity index is 1720. The van der Waals surface area contributed by atoms with Crippen molar-refractivity contribution in [1.82, 2.24) is 20.4 Å². The van der Waals surface area contributed by atoms with Crippen molar-refractivity contribution in [2.45, 2.75) is 129 Å². The maximum absolute atomic E-state index is 13.4. The highest BCUT2D eigenvalue weighted by Gasteiger charge is 2.47. The molecule has 304 valence electrons. The first-order valence-corrected chi connectivity index (χ1v) is 20.2. The van der Waals surface area contributed by atoms with Gasteiger partial charge < -0.3 is 29.9 Å². The molecule has 4 amide bonds. The first-order chi connectivity index (χ1) is 26.5. The number of nitrogens with zero attached hydrogens (tertiary/aromatic N) is 2. The number of fused-ring (bicyclic) bond motifs is 2. The number of likely N-dealkylation sites (tertiary alicyclic amines) is 2. The Kier molecular flexibility index (Phi) is 14.3. The van der Waals surface area contributed by atoms with Crippen LogP contribution in [0.1, 0.15) is 113 Å². The highest BCUT2D eigenvalue weighted by atomic mass is 16.5. The largest absolute Gasteiger partial charge is 0.368 e. The first-order valence-electron chi connectivity index (χ1n) is 20.2. The number of ether oxygens (including phenoxy) is 2. The molecule has 2 aromatic rings. The summed E-state index contributed by atoms with van der Waals surface area (Å²) in [6, 6.07) is 14.1. The molecule has 0 bridgehead atoms. The number of hydrogen-bond acceptors (Lipinski definition) is 8. The van der Waals surface area contributed by atoms with Crippen LogP contribution in [0.5, 0.6) is 0 Å². The predicted molar refractivity (Wildman–Crippen MR) is 212 cm³/mol. The maximum atomic E-state index is 13.4. The lowest BCUT2D eigenvalue weighted by Crippen LogP contribution is -2.58. The third-order valence-corrected chi connectivity index (χ3v) is 10.9. The standard InChI is InChI=1S/C24H34N2O4.C20H26N2O4/c1-15(2)13-18(23(29)26-12-6-7-20-21(26)19(27)14-30-20)25-22(28)16-8-10-17(11-9-16)24(3,4)5;1-13(2)11-15(21-19(24)14-7-4-3-5-8-14)20(25)22-10-6-9-17-18(22)16(23)12-26-17/h8-11,15,18,20-21H,6-7,12-14H2,1-5H3,(H,25,28);3-5,7-8,13,15,17-18H,6,9-12H2,1-2H3,(H,21,24). The minimum atomic E-state index is -0.660. The molecule has 0 aliphatic carbocycles. The number of rotatable bonds is 10. The molecular weight excluding hydrogens is 713 g/mol. The average molecular weight is 773 g/mol. The van der Waals surface area contributed by atoms with Gasteiger partial charge in [0.2, 0.25) is 11.8 Å². The first kappa shape index (κ1) is 42.7. The molecule has 6 unspecified atom stereocenters. The molecule has 2 N–H and O–H groups in total. The molecule has 4 aliphatic rings. The highest BCUT2D eigenvalue weighted by molar-refractivity contribution is 6.00. The van der Waals surface area contributed by atoms with Crippen molar-refractivity contribution in [3.8, 4) is 0 Å². The molecule has 0 aromatic heterocycles. The molecule has 4 aliphatic heterocycles. The minimum Gasteiger partial charge on any atom is -0.368 e. The molecule has 6 atom stereocenters. The fourth-order valence-electron chi connectivity index (χ4n) is 8.06. The van der Waals surface area contributed by atoms with Crippen LogP contribution in [0.2, 0.25) is 0 Å². The molecule has 6 rings (SSSR count). The van der Waals surface area contributed by atoms with Crippen LogP contribution in [-0.2, 0) is 34.1 Å². The van der Waals surface area contributed by atoms with E-state index in [0.29, 0.717) is 37.1 Å². The smallest absolute Gasteiger partial charge is 0.251 e. The van der Waals surface area contributed by atoms with Crippen molar-refractivity contribution in [1.29, 1.82) is 0 Å². The van der Waals surface area contributed by atoms with Gasteiger partial charge in [-0.2, -0.15) is 0 Å². The summed E-state index contributed by atoms with van der Waals surface area (Å²) in [4.78, 5) is 79.8. The van der Waals surface area contributed by atoms with Crippen molar-refractivity contribution < 1.29 is 38.2 Å². The number of carbonyl (C=O) groups is 6. The maximum Gasteiger partial charge on any atom is 0.251 e. The normalized spacial score (nSPS) is 23.2. The van der Waals surface area contributed by atoms with E-state index in [9.17, 15) is 28.8 Å². The van der Waals surface area contributed by atoms with Crippen LogP contribution in [0.3, 0.4) is 0 Å². The van der Waals surface area contributed by atoms with Crippen LogP contribution >= 0.6 is 0 Å². The summed E-state index contributed by atoms with van der Waals surface area (Å²) in [5, 5.41) is 5.81. The van der Waals surface area contributed by atoms with Gasteiger partial charge in [0.05, 0.1) is 12.2 Å². The molecule has 12 nitrogen and oxygen atoms in total. The van der Waals surface area contributed by atoms with Crippen molar-refractivity contribution in [2.24, 2.45) is 11.8 Å². The van der Waals surface area contributed by atoms with Gasteiger partial charge in [-0.3, -0.25) is 28.8 Å². The lowest BCUT2D eigenvalue weighted by molar-refractivity contribution is -0.142. The number of Topliss-reactive ketones (excluding diaryl/α,β-unsaturated/α-hetero) is 2. The summed E-state index contributed by atoms with van der Waals surface area (Å²) in [6.45, 7) is 15.6. The topological polar surface area (TPSA) is 151 Å². The lowest BCUT2D eigenvalue weighted by atomic mass is 9.86. The molecule has 0 spiro atoms. The fraction of sp³-hybridized carbons (Fsp3) is 0.591. The molecule has 12 heteroatoms. The van der Waals surface area contributed by atoms with Gasteiger partial charge in [0.15, 0.2) is 11.6 Å². The number of ketones is 2. The van der Waals surface area contributed by atoms with E-state index in [4.69, 9.17) is 9.47 Å². The quantitative estimate of drug-likeness (QED) is 0.347. The molecule has 4 heterocycles. The van der Waals surface area contributed by atoms with Gasteiger partial charge in [0, 0.05) is 24.2 Å². The van der Waals surface area contributed by atoms with Crippen LogP contribution in [0.15, 0.2) is 54.6 Å². The number of benzene rings is 2. The molecular formula is C44H60N4O8. The summed E-state index contributed by atoms with van der Waals surface area (Å²) in [6.07, 6.45) is 3.83. The van der Waals surface area contributed by atoms with E-state index in [2.05, 4.69) is 31.4 Å². The van der Waals surface area contributed by atoms with E-state index in [1.807, 2.05) is 45.9 Å². The van der Waals surface area contributed by atoms with Gasteiger partial charge in [-0.15, -0.1) is 0 Å². The number of amides is 4. The van der Waals surface area contributed by atoms with Gasteiger partial charge in [-0.05, 0) is 85.6 Å².